The Bertz CT molecular complexity index is 420. The zero-order chi connectivity index (χ0) is 13.2. The van der Waals surface area contributed by atoms with E-state index in [4.69, 9.17) is 11.5 Å². The molecule has 0 aliphatic rings. The maximum absolute atomic E-state index is 11.9. The van der Waals surface area contributed by atoms with Crippen LogP contribution >= 0.6 is 11.3 Å². The van der Waals surface area contributed by atoms with E-state index < -0.39 is 11.9 Å². The number of primary amides is 1. The van der Waals surface area contributed by atoms with Gasteiger partial charge in [-0.1, -0.05) is 13.8 Å². The molecule has 0 bridgehead atoms. The molecular formula is C11H17N3O2S. The van der Waals surface area contributed by atoms with E-state index in [1.807, 2.05) is 20.8 Å². The van der Waals surface area contributed by atoms with Gasteiger partial charge in [0.15, 0.2) is 0 Å². The first-order chi connectivity index (χ1) is 7.82. The van der Waals surface area contributed by atoms with Crippen LogP contribution in [0.4, 0.5) is 5.69 Å². The van der Waals surface area contributed by atoms with Gasteiger partial charge in [-0.25, -0.2) is 0 Å². The van der Waals surface area contributed by atoms with Crippen molar-refractivity contribution in [1.82, 2.24) is 5.32 Å². The molecule has 0 saturated carbocycles. The van der Waals surface area contributed by atoms with Crippen LogP contribution in [0.25, 0.3) is 0 Å². The SMILES string of the molecule is Cc1sc(C(=O)NC(C(N)=O)C(C)C)cc1N. The van der Waals surface area contributed by atoms with Crippen molar-refractivity contribution >= 4 is 28.8 Å². The van der Waals surface area contributed by atoms with Crippen molar-refractivity contribution in [3.8, 4) is 0 Å². The van der Waals surface area contributed by atoms with Crippen LogP contribution in [0.15, 0.2) is 6.07 Å². The van der Waals surface area contributed by atoms with E-state index in [1.165, 1.54) is 11.3 Å². The second-order valence-corrected chi connectivity index (χ2v) is 5.48. The van der Waals surface area contributed by atoms with Crippen molar-refractivity contribution in [2.24, 2.45) is 11.7 Å². The number of hydrogen-bond donors (Lipinski definition) is 3. The number of amides is 2. The summed E-state index contributed by atoms with van der Waals surface area (Å²) in [5, 5.41) is 2.61. The molecule has 0 saturated heterocycles. The average molecular weight is 255 g/mol. The lowest BCUT2D eigenvalue weighted by molar-refractivity contribution is -0.120. The minimum Gasteiger partial charge on any atom is -0.398 e. The summed E-state index contributed by atoms with van der Waals surface area (Å²) in [5.74, 6) is -0.892. The molecule has 5 nitrogen and oxygen atoms in total. The number of nitrogen functional groups attached to an aromatic ring is 1. The highest BCUT2D eigenvalue weighted by Gasteiger charge is 2.23. The minimum absolute atomic E-state index is 0.0464. The van der Waals surface area contributed by atoms with Gasteiger partial charge in [0, 0.05) is 10.6 Å². The second kappa shape index (κ2) is 5.18. The molecule has 17 heavy (non-hydrogen) atoms. The monoisotopic (exact) mass is 255 g/mol. The molecule has 5 N–H and O–H groups in total. The molecule has 0 aliphatic heterocycles. The van der Waals surface area contributed by atoms with Crippen LogP contribution in [-0.4, -0.2) is 17.9 Å². The summed E-state index contributed by atoms with van der Waals surface area (Å²) in [5.41, 5.74) is 11.5. The molecule has 1 aromatic rings. The highest BCUT2D eigenvalue weighted by atomic mass is 32.1. The standard InChI is InChI=1S/C11H17N3O2S/c1-5(2)9(10(13)15)14-11(16)8-4-7(12)6(3)17-8/h4-5,9H,12H2,1-3H3,(H2,13,15)(H,14,16). The smallest absolute Gasteiger partial charge is 0.262 e. The highest BCUT2D eigenvalue weighted by molar-refractivity contribution is 7.14. The minimum atomic E-state index is -0.661. The van der Waals surface area contributed by atoms with Crippen molar-refractivity contribution in [3.05, 3.63) is 15.8 Å². The fraction of sp³-hybridized carbons (Fsp3) is 0.455. The van der Waals surface area contributed by atoms with E-state index in [0.29, 0.717) is 10.6 Å². The first-order valence-corrected chi connectivity index (χ1v) is 6.10. The Hall–Kier alpha value is -1.56. The number of nitrogens with one attached hydrogen (secondary N) is 1. The van der Waals surface area contributed by atoms with Crippen LogP contribution in [0.1, 0.15) is 28.4 Å². The van der Waals surface area contributed by atoms with Gasteiger partial charge in [-0.3, -0.25) is 9.59 Å². The average Bonchev–Trinajstić information content (AvgIpc) is 2.54. The molecule has 0 radical (unpaired) electrons. The van der Waals surface area contributed by atoms with Gasteiger partial charge in [0.1, 0.15) is 6.04 Å². The first kappa shape index (κ1) is 13.5. The Balaban J connectivity index is 2.81. The fourth-order valence-electron chi connectivity index (χ4n) is 1.39. The third-order valence-electron chi connectivity index (χ3n) is 2.44. The number of thiophene rings is 1. The van der Waals surface area contributed by atoms with Gasteiger partial charge in [-0.2, -0.15) is 0 Å². The summed E-state index contributed by atoms with van der Waals surface area (Å²) in [4.78, 5) is 24.4. The molecular weight excluding hydrogens is 238 g/mol. The molecule has 0 aliphatic carbocycles. The summed E-state index contributed by atoms with van der Waals surface area (Å²) in [6.45, 7) is 5.48. The van der Waals surface area contributed by atoms with E-state index in [0.717, 1.165) is 4.88 Å². The van der Waals surface area contributed by atoms with Crippen LogP contribution in [0.5, 0.6) is 0 Å². The Labute approximate surface area is 104 Å². The van der Waals surface area contributed by atoms with E-state index in [-0.39, 0.29) is 11.8 Å². The van der Waals surface area contributed by atoms with E-state index in [2.05, 4.69) is 5.32 Å². The Kier molecular flexibility index (Phi) is 4.11. The van der Waals surface area contributed by atoms with Crippen molar-refractivity contribution in [2.75, 3.05) is 5.73 Å². The lowest BCUT2D eigenvalue weighted by Crippen LogP contribution is -2.47. The van der Waals surface area contributed by atoms with Crippen molar-refractivity contribution < 1.29 is 9.59 Å². The molecule has 0 spiro atoms. The van der Waals surface area contributed by atoms with Gasteiger partial charge in [0.05, 0.1) is 4.88 Å². The summed E-state index contributed by atoms with van der Waals surface area (Å²) in [7, 11) is 0. The van der Waals surface area contributed by atoms with Crippen LogP contribution in [-0.2, 0) is 4.79 Å². The summed E-state index contributed by atoms with van der Waals surface area (Å²) >= 11 is 1.30. The predicted molar refractivity (Wildman–Crippen MR) is 68.8 cm³/mol. The highest BCUT2D eigenvalue weighted by Crippen LogP contribution is 2.23. The largest absolute Gasteiger partial charge is 0.398 e. The summed E-state index contributed by atoms with van der Waals surface area (Å²) < 4.78 is 0. The quantitative estimate of drug-likeness (QED) is 0.744. The molecule has 2 amide bonds. The van der Waals surface area contributed by atoms with Crippen molar-refractivity contribution in [3.63, 3.8) is 0 Å². The number of carbonyl (C=O) groups is 2. The van der Waals surface area contributed by atoms with Gasteiger partial charge >= 0.3 is 0 Å². The van der Waals surface area contributed by atoms with Crippen molar-refractivity contribution in [1.29, 1.82) is 0 Å². The Morgan fingerprint density at radius 2 is 2.00 bits per heavy atom. The van der Waals surface area contributed by atoms with Gasteiger partial charge in [-0.15, -0.1) is 11.3 Å². The second-order valence-electron chi connectivity index (χ2n) is 4.22. The third-order valence-corrected chi connectivity index (χ3v) is 3.50. The molecule has 6 heteroatoms. The maximum Gasteiger partial charge on any atom is 0.262 e. The Morgan fingerprint density at radius 3 is 2.35 bits per heavy atom. The van der Waals surface area contributed by atoms with Gasteiger partial charge in [-0.05, 0) is 18.9 Å². The molecule has 1 heterocycles. The zero-order valence-corrected chi connectivity index (χ0v) is 10.9. The van der Waals surface area contributed by atoms with E-state index >= 15 is 0 Å². The van der Waals surface area contributed by atoms with Gasteiger partial charge in [0.25, 0.3) is 5.91 Å². The number of carbonyl (C=O) groups excluding carboxylic acids is 2. The molecule has 0 fully saturated rings. The number of aryl methyl sites for hydroxylation is 1. The lowest BCUT2D eigenvalue weighted by Gasteiger charge is -2.18. The number of rotatable bonds is 4. The van der Waals surface area contributed by atoms with Crippen molar-refractivity contribution in [2.45, 2.75) is 26.8 Å². The topological polar surface area (TPSA) is 98.2 Å². The lowest BCUT2D eigenvalue weighted by atomic mass is 10.0. The zero-order valence-electron chi connectivity index (χ0n) is 10.1. The maximum atomic E-state index is 11.9. The predicted octanol–water partition coefficient (Wildman–Crippen LogP) is 0.878. The van der Waals surface area contributed by atoms with Gasteiger partial charge in [0.2, 0.25) is 5.91 Å². The number of nitrogens with two attached hydrogens (primary N) is 2. The van der Waals surface area contributed by atoms with Crippen LogP contribution in [0.3, 0.4) is 0 Å². The van der Waals surface area contributed by atoms with Crippen LogP contribution in [0.2, 0.25) is 0 Å². The molecule has 1 unspecified atom stereocenters. The normalized spacial score (nSPS) is 12.5. The van der Waals surface area contributed by atoms with Crippen LogP contribution in [0, 0.1) is 12.8 Å². The molecule has 0 aromatic carbocycles. The van der Waals surface area contributed by atoms with Gasteiger partial charge < -0.3 is 16.8 Å². The molecule has 1 rings (SSSR count). The fourth-order valence-corrected chi connectivity index (χ4v) is 2.23. The van der Waals surface area contributed by atoms with Crippen LogP contribution < -0.4 is 16.8 Å². The Morgan fingerprint density at radius 1 is 1.41 bits per heavy atom. The molecule has 1 aromatic heterocycles. The number of hydrogen-bond acceptors (Lipinski definition) is 4. The molecule has 94 valence electrons. The third kappa shape index (κ3) is 3.20. The first-order valence-electron chi connectivity index (χ1n) is 5.29. The molecule has 1 atom stereocenters. The summed E-state index contributed by atoms with van der Waals surface area (Å²) in [6.07, 6.45) is 0. The number of anilines is 1. The van der Waals surface area contributed by atoms with E-state index in [9.17, 15) is 9.59 Å². The summed E-state index contributed by atoms with van der Waals surface area (Å²) in [6, 6.07) is 0.944. The van der Waals surface area contributed by atoms with E-state index in [1.54, 1.807) is 6.07 Å².